The van der Waals surface area contributed by atoms with E-state index in [2.05, 4.69) is 9.98 Å². The van der Waals surface area contributed by atoms with Gasteiger partial charge in [-0.25, -0.2) is 4.99 Å². The zero-order valence-electron chi connectivity index (χ0n) is 12.8. The van der Waals surface area contributed by atoms with E-state index in [9.17, 15) is 4.79 Å². The highest BCUT2D eigenvalue weighted by Crippen LogP contribution is 2.34. The predicted octanol–water partition coefficient (Wildman–Crippen LogP) is 4.51. The summed E-state index contributed by atoms with van der Waals surface area (Å²) in [7, 11) is 0. The van der Waals surface area contributed by atoms with Crippen molar-refractivity contribution in [1.82, 2.24) is 9.88 Å². The molecule has 0 N–H and O–H groups in total. The first-order valence-electron chi connectivity index (χ1n) is 7.29. The molecule has 2 aromatic rings. The minimum absolute atomic E-state index is 0.0736. The molecule has 1 amide bonds. The number of allylic oxidation sites excluding steroid dienone is 2. The Labute approximate surface area is 148 Å². The Morgan fingerprint density at radius 3 is 3.04 bits per heavy atom. The lowest BCUT2D eigenvalue weighted by atomic mass is 10.3. The molecule has 0 unspecified atom stereocenters. The van der Waals surface area contributed by atoms with Gasteiger partial charge in [-0.3, -0.25) is 14.7 Å². The highest BCUT2D eigenvalue weighted by Gasteiger charge is 2.31. The van der Waals surface area contributed by atoms with Crippen molar-refractivity contribution in [3.8, 4) is 0 Å². The van der Waals surface area contributed by atoms with Gasteiger partial charge in [-0.2, -0.15) is 0 Å². The second-order valence-electron chi connectivity index (χ2n) is 4.78. The molecule has 122 valence electrons. The number of amidine groups is 1. The van der Waals surface area contributed by atoms with Gasteiger partial charge < -0.3 is 4.42 Å². The Hall–Kier alpha value is -2.31. The van der Waals surface area contributed by atoms with E-state index >= 15 is 0 Å². The molecule has 1 fully saturated rings. The fourth-order valence-electron chi connectivity index (χ4n) is 2.06. The van der Waals surface area contributed by atoms with E-state index in [0.29, 0.717) is 27.3 Å². The topological polar surface area (TPSA) is 58.7 Å². The third kappa shape index (κ3) is 3.60. The van der Waals surface area contributed by atoms with Crippen LogP contribution in [0.25, 0.3) is 6.08 Å². The van der Waals surface area contributed by atoms with E-state index in [1.54, 1.807) is 41.7 Å². The first-order valence-corrected chi connectivity index (χ1v) is 8.48. The van der Waals surface area contributed by atoms with Gasteiger partial charge in [0, 0.05) is 18.9 Å². The maximum Gasteiger partial charge on any atom is 0.266 e. The van der Waals surface area contributed by atoms with Crippen molar-refractivity contribution in [1.29, 1.82) is 0 Å². The molecule has 2 aromatic heterocycles. The number of pyridine rings is 1. The summed E-state index contributed by atoms with van der Waals surface area (Å²) in [6.45, 7) is 2.44. The third-order valence-corrected chi connectivity index (χ3v) is 4.54. The average Bonchev–Trinajstić information content (AvgIpc) is 3.19. The predicted molar refractivity (Wildman–Crippen MR) is 97.1 cm³/mol. The van der Waals surface area contributed by atoms with Gasteiger partial charge in [0.05, 0.1) is 21.9 Å². The number of aromatic nitrogens is 1. The quantitative estimate of drug-likeness (QED) is 0.754. The number of amides is 1. The largest absolute Gasteiger partial charge is 0.465 e. The van der Waals surface area contributed by atoms with Crippen LogP contribution in [0.4, 0.5) is 5.69 Å². The van der Waals surface area contributed by atoms with E-state index in [-0.39, 0.29) is 5.91 Å². The standard InChI is InChI=1S/C17H14ClN3O2S/c1-2-21-16(22)15(7-3-5-12-6-4-10-23-12)24-17(21)20-14-8-9-19-11-13(14)18/h3-11H,2H2,1H3/b5-3+,15-7+,20-17?. The average molecular weight is 360 g/mol. The Kier molecular flexibility index (Phi) is 5.17. The van der Waals surface area contributed by atoms with E-state index in [4.69, 9.17) is 16.0 Å². The van der Waals surface area contributed by atoms with Crippen molar-refractivity contribution in [2.24, 2.45) is 4.99 Å². The number of aliphatic imine (C=N–C) groups is 1. The van der Waals surface area contributed by atoms with E-state index in [1.807, 2.05) is 19.1 Å². The summed E-state index contributed by atoms with van der Waals surface area (Å²) in [6, 6.07) is 5.37. The number of thioether (sulfide) groups is 1. The van der Waals surface area contributed by atoms with Crippen LogP contribution in [0.1, 0.15) is 12.7 Å². The van der Waals surface area contributed by atoms with Crippen LogP contribution in [-0.2, 0) is 4.79 Å². The van der Waals surface area contributed by atoms with Gasteiger partial charge in [-0.15, -0.1) is 0 Å². The summed E-state index contributed by atoms with van der Waals surface area (Å²) in [5.74, 6) is 0.655. The summed E-state index contributed by atoms with van der Waals surface area (Å²) < 4.78 is 5.22. The first-order chi connectivity index (χ1) is 11.7. The zero-order valence-corrected chi connectivity index (χ0v) is 14.4. The minimum atomic E-state index is -0.0736. The van der Waals surface area contributed by atoms with Gasteiger partial charge in [-0.05, 0) is 49.0 Å². The normalized spacial score (nSPS) is 18.4. The van der Waals surface area contributed by atoms with Gasteiger partial charge in [0.15, 0.2) is 5.17 Å². The van der Waals surface area contributed by atoms with E-state index in [0.717, 1.165) is 5.76 Å². The molecule has 0 radical (unpaired) electrons. The van der Waals surface area contributed by atoms with Gasteiger partial charge >= 0.3 is 0 Å². The first kappa shape index (κ1) is 16.5. The third-order valence-electron chi connectivity index (χ3n) is 3.22. The maximum absolute atomic E-state index is 12.5. The van der Waals surface area contributed by atoms with Crippen molar-refractivity contribution >= 4 is 46.2 Å². The lowest BCUT2D eigenvalue weighted by Gasteiger charge is -2.12. The number of furan rings is 1. The number of nitrogens with zero attached hydrogens (tertiary/aromatic N) is 3. The van der Waals surface area contributed by atoms with Crippen LogP contribution in [0.2, 0.25) is 5.02 Å². The van der Waals surface area contributed by atoms with Crippen molar-refractivity contribution in [2.75, 3.05) is 6.54 Å². The van der Waals surface area contributed by atoms with Gasteiger partial charge in [-0.1, -0.05) is 17.7 Å². The van der Waals surface area contributed by atoms with E-state index in [1.165, 1.54) is 18.0 Å². The van der Waals surface area contributed by atoms with Crippen LogP contribution in [0.5, 0.6) is 0 Å². The SMILES string of the molecule is CCN1C(=O)/C(=C\C=C\c2ccco2)SC1=Nc1ccncc1Cl. The van der Waals surface area contributed by atoms with Crippen LogP contribution < -0.4 is 0 Å². The number of hydrogen-bond acceptors (Lipinski definition) is 5. The molecule has 0 bridgehead atoms. The second kappa shape index (κ2) is 7.51. The summed E-state index contributed by atoms with van der Waals surface area (Å²) >= 11 is 7.41. The molecule has 0 aliphatic carbocycles. The van der Waals surface area contributed by atoms with Crippen LogP contribution in [0.3, 0.4) is 0 Å². The molecule has 0 saturated carbocycles. The smallest absolute Gasteiger partial charge is 0.266 e. The molecule has 1 aliphatic rings. The molecule has 7 heteroatoms. The number of rotatable bonds is 4. The number of halogens is 1. The molecule has 0 spiro atoms. The Bertz CT molecular complexity index is 828. The summed E-state index contributed by atoms with van der Waals surface area (Å²) in [6.07, 6.45) is 10.1. The van der Waals surface area contributed by atoms with Crippen molar-refractivity contribution in [3.63, 3.8) is 0 Å². The molecule has 5 nitrogen and oxygen atoms in total. The van der Waals surface area contributed by atoms with Gasteiger partial charge in [0.1, 0.15) is 5.76 Å². The summed E-state index contributed by atoms with van der Waals surface area (Å²) in [4.78, 5) is 23.1. The molecule has 24 heavy (non-hydrogen) atoms. The Balaban J connectivity index is 1.85. The summed E-state index contributed by atoms with van der Waals surface area (Å²) in [5.41, 5.74) is 0.591. The van der Waals surface area contributed by atoms with Crippen LogP contribution >= 0.6 is 23.4 Å². The molecule has 1 saturated heterocycles. The van der Waals surface area contributed by atoms with Crippen LogP contribution in [0, 0.1) is 0 Å². The number of carbonyl (C=O) groups excluding carboxylic acids is 1. The van der Waals surface area contributed by atoms with Crippen LogP contribution in [0.15, 0.2) is 63.3 Å². The molecule has 1 aliphatic heterocycles. The highest BCUT2D eigenvalue weighted by molar-refractivity contribution is 8.18. The Morgan fingerprint density at radius 1 is 1.46 bits per heavy atom. The minimum Gasteiger partial charge on any atom is -0.465 e. The Morgan fingerprint density at radius 2 is 2.33 bits per heavy atom. The fraction of sp³-hybridized carbons (Fsp3) is 0.118. The zero-order chi connectivity index (χ0) is 16.9. The molecule has 0 aromatic carbocycles. The van der Waals surface area contributed by atoms with Gasteiger partial charge in [0.25, 0.3) is 5.91 Å². The van der Waals surface area contributed by atoms with Crippen LogP contribution in [-0.4, -0.2) is 27.5 Å². The molecular formula is C17H14ClN3O2S. The van der Waals surface area contributed by atoms with Crippen molar-refractivity contribution in [2.45, 2.75) is 6.92 Å². The molecule has 3 rings (SSSR count). The maximum atomic E-state index is 12.5. The van der Waals surface area contributed by atoms with Gasteiger partial charge in [0.2, 0.25) is 0 Å². The molecule has 3 heterocycles. The number of likely N-dealkylation sites (N-methyl/N-ethyl adjacent to an activating group) is 1. The van der Waals surface area contributed by atoms with Crippen molar-refractivity contribution in [3.05, 3.63) is 64.7 Å². The summed E-state index contributed by atoms with van der Waals surface area (Å²) in [5, 5.41) is 1.05. The highest BCUT2D eigenvalue weighted by atomic mass is 35.5. The number of carbonyl (C=O) groups is 1. The monoisotopic (exact) mass is 359 g/mol. The lowest BCUT2D eigenvalue weighted by molar-refractivity contribution is -0.122. The number of hydrogen-bond donors (Lipinski definition) is 0. The fourth-order valence-corrected chi connectivity index (χ4v) is 3.23. The molecule has 0 atom stereocenters. The van der Waals surface area contributed by atoms with E-state index < -0.39 is 0 Å². The van der Waals surface area contributed by atoms with Crippen molar-refractivity contribution < 1.29 is 9.21 Å². The molecular weight excluding hydrogens is 346 g/mol. The second-order valence-corrected chi connectivity index (χ2v) is 6.19. The lowest BCUT2D eigenvalue weighted by Crippen LogP contribution is -2.28.